The number of amides is 2. The van der Waals surface area contributed by atoms with Crippen molar-refractivity contribution in [1.82, 2.24) is 19.4 Å². The van der Waals surface area contributed by atoms with Gasteiger partial charge in [0.2, 0.25) is 5.82 Å². The number of imidazole rings is 1. The molecule has 0 unspecified atom stereocenters. The first-order chi connectivity index (χ1) is 15.8. The standard InChI is InChI=1S/C22H22F3N5O3/c1-2-33-19(31)14-5-7-15(8-6-14)27-21(32)29-12-9-16(10-13-29)30-18-17(4-3-11-26-18)28-20(30)22(23,24)25/h3-8,11,16H,2,9-10,12-13H2,1H3,(H,27,32). The number of urea groups is 1. The minimum Gasteiger partial charge on any atom is -0.462 e. The number of carbonyl (C=O) groups excluding carboxylic acids is 2. The van der Waals surface area contributed by atoms with Crippen LogP contribution < -0.4 is 5.32 Å². The maximum absolute atomic E-state index is 13.6. The van der Waals surface area contributed by atoms with Gasteiger partial charge in [0.25, 0.3) is 0 Å². The summed E-state index contributed by atoms with van der Waals surface area (Å²) in [6.07, 6.45) is -2.50. The number of rotatable bonds is 4. The van der Waals surface area contributed by atoms with Crippen molar-refractivity contribution in [1.29, 1.82) is 0 Å². The molecule has 2 amide bonds. The molecule has 0 spiro atoms. The van der Waals surface area contributed by atoms with Gasteiger partial charge in [-0.15, -0.1) is 0 Å². The molecule has 0 aliphatic carbocycles. The van der Waals surface area contributed by atoms with Crippen LogP contribution in [0.3, 0.4) is 0 Å². The molecule has 1 aliphatic heterocycles. The first kappa shape index (κ1) is 22.6. The number of nitrogens with one attached hydrogen (secondary N) is 1. The highest BCUT2D eigenvalue weighted by Gasteiger charge is 2.40. The van der Waals surface area contributed by atoms with Crippen molar-refractivity contribution in [3.8, 4) is 0 Å². The van der Waals surface area contributed by atoms with Gasteiger partial charge in [-0.3, -0.25) is 0 Å². The zero-order valence-corrected chi connectivity index (χ0v) is 17.8. The SMILES string of the molecule is CCOC(=O)c1ccc(NC(=O)N2CCC(n3c(C(F)(F)F)nc4cccnc43)CC2)cc1. The number of pyridine rings is 1. The highest BCUT2D eigenvalue weighted by molar-refractivity contribution is 5.92. The summed E-state index contributed by atoms with van der Waals surface area (Å²) in [6, 6.07) is 8.50. The quantitative estimate of drug-likeness (QED) is 0.578. The molecular formula is C22H22F3N5O3. The predicted molar refractivity (Wildman–Crippen MR) is 114 cm³/mol. The van der Waals surface area contributed by atoms with E-state index in [1.165, 1.54) is 12.3 Å². The molecule has 33 heavy (non-hydrogen) atoms. The number of carbonyl (C=O) groups is 2. The van der Waals surface area contributed by atoms with Gasteiger partial charge in [0, 0.05) is 31.0 Å². The molecule has 2 aromatic heterocycles. The Bertz CT molecular complexity index is 1150. The highest BCUT2D eigenvalue weighted by atomic mass is 19.4. The fourth-order valence-corrected chi connectivity index (χ4v) is 3.91. The summed E-state index contributed by atoms with van der Waals surface area (Å²) in [5.41, 5.74) is 1.25. The fraction of sp³-hybridized carbons (Fsp3) is 0.364. The van der Waals surface area contributed by atoms with E-state index in [2.05, 4.69) is 15.3 Å². The summed E-state index contributed by atoms with van der Waals surface area (Å²) in [5, 5.41) is 2.75. The van der Waals surface area contributed by atoms with E-state index in [4.69, 9.17) is 4.74 Å². The second-order valence-electron chi connectivity index (χ2n) is 7.60. The van der Waals surface area contributed by atoms with Crippen molar-refractivity contribution in [2.24, 2.45) is 0 Å². The third-order valence-electron chi connectivity index (χ3n) is 5.47. The third kappa shape index (κ3) is 4.76. The lowest BCUT2D eigenvalue weighted by Gasteiger charge is -2.33. The van der Waals surface area contributed by atoms with Crippen molar-refractivity contribution >= 4 is 28.9 Å². The van der Waals surface area contributed by atoms with E-state index in [9.17, 15) is 22.8 Å². The second-order valence-corrected chi connectivity index (χ2v) is 7.60. The molecular weight excluding hydrogens is 439 g/mol. The summed E-state index contributed by atoms with van der Waals surface area (Å²) in [4.78, 5) is 33.8. The van der Waals surface area contributed by atoms with Crippen LogP contribution in [0.1, 0.15) is 42.0 Å². The van der Waals surface area contributed by atoms with Crippen LogP contribution in [0, 0.1) is 0 Å². The van der Waals surface area contributed by atoms with E-state index in [1.54, 1.807) is 42.2 Å². The normalized spacial score (nSPS) is 15.0. The number of alkyl halides is 3. The van der Waals surface area contributed by atoms with Gasteiger partial charge in [-0.1, -0.05) is 0 Å². The van der Waals surface area contributed by atoms with E-state index in [1.807, 2.05) is 0 Å². The summed E-state index contributed by atoms with van der Waals surface area (Å²) in [6.45, 7) is 2.54. The highest BCUT2D eigenvalue weighted by Crippen LogP contribution is 2.36. The molecule has 8 nitrogen and oxygen atoms in total. The molecule has 0 radical (unpaired) electrons. The van der Waals surface area contributed by atoms with E-state index in [0.717, 1.165) is 4.57 Å². The van der Waals surface area contributed by atoms with Gasteiger partial charge in [-0.2, -0.15) is 13.2 Å². The lowest BCUT2D eigenvalue weighted by molar-refractivity contribution is -0.147. The number of aromatic nitrogens is 3. The van der Waals surface area contributed by atoms with E-state index in [0.29, 0.717) is 24.1 Å². The first-order valence-corrected chi connectivity index (χ1v) is 10.5. The first-order valence-electron chi connectivity index (χ1n) is 10.5. The number of anilines is 1. The summed E-state index contributed by atoms with van der Waals surface area (Å²) in [5.74, 6) is -1.42. The van der Waals surface area contributed by atoms with Crippen LogP contribution in [-0.4, -0.2) is 51.1 Å². The lowest BCUT2D eigenvalue weighted by atomic mass is 10.0. The Labute approximate surface area is 187 Å². The van der Waals surface area contributed by atoms with Crippen LogP contribution in [0.5, 0.6) is 0 Å². The Morgan fingerprint density at radius 2 is 1.85 bits per heavy atom. The maximum Gasteiger partial charge on any atom is 0.449 e. The Balaban J connectivity index is 1.42. The summed E-state index contributed by atoms with van der Waals surface area (Å²) >= 11 is 0. The number of hydrogen-bond donors (Lipinski definition) is 1. The fourth-order valence-electron chi connectivity index (χ4n) is 3.91. The molecule has 174 valence electrons. The molecule has 1 N–H and O–H groups in total. The number of nitrogens with zero attached hydrogens (tertiary/aromatic N) is 4. The smallest absolute Gasteiger partial charge is 0.449 e. The minimum absolute atomic E-state index is 0.189. The zero-order valence-electron chi connectivity index (χ0n) is 17.8. The number of piperidine rings is 1. The molecule has 0 atom stereocenters. The van der Waals surface area contributed by atoms with Gasteiger partial charge in [-0.25, -0.2) is 19.6 Å². The molecule has 11 heteroatoms. The molecule has 1 fully saturated rings. The van der Waals surface area contributed by atoms with Gasteiger partial charge in [-0.05, 0) is 56.2 Å². The number of likely N-dealkylation sites (tertiary alicyclic amines) is 1. The van der Waals surface area contributed by atoms with Gasteiger partial charge >= 0.3 is 18.2 Å². The molecule has 4 rings (SSSR count). The monoisotopic (exact) mass is 461 g/mol. The average molecular weight is 461 g/mol. The van der Waals surface area contributed by atoms with Gasteiger partial charge in [0.15, 0.2) is 5.65 Å². The van der Waals surface area contributed by atoms with Crippen LogP contribution in [0.15, 0.2) is 42.6 Å². The largest absolute Gasteiger partial charge is 0.462 e. The molecule has 0 saturated carbocycles. The summed E-state index contributed by atoms with van der Waals surface area (Å²) < 4.78 is 46.9. The van der Waals surface area contributed by atoms with E-state index in [-0.39, 0.29) is 36.9 Å². The Kier molecular flexibility index (Phi) is 6.21. The van der Waals surface area contributed by atoms with E-state index < -0.39 is 24.0 Å². The maximum atomic E-state index is 13.6. The third-order valence-corrected chi connectivity index (χ3v) is 5.47. The minimum atomic E-state index is -4.61. The number of ether oxygens (including phenoxy) is 1. The molecule has 1 saturated heterocycles. The second kappa shape index (κ2) is 9.08. The van der Waals surface area contributed by atoms with Crippen molar-refractivity contribution in [3.63, 3.8) is 0 Å². The zero-order chi connectivity index (χ0) is 23.6. The Morgan fingerprint density at radius 1 is 1.15 bits per heavy atom. The number of benzene rings is 1. The molecule has 3 heterocycles. The van der Waals surface area contributed by atoms with Gasteiger partial charge in [0.05, 0.1) is 12.2 Å². The molecule has 1 aromatic carbocycles. The van der Waals surface area contributed by atoms with Crippen LogP contribution in [0.25, 0.3) is 11.2 Å². The summed E-state index contributed by atoms with van der Waals surface area (Å²) in [7, 11) is 0. The Hall–Kier alpha value is -3.63. The predicted octanol–water partition coefficient (Wildman–Crippen LogP) is 4.50. The number of hydrogen-bond acceptors (Lipinski definition) is 5. The van der Waals surface area contributed by atoms with Crippen molar-refractivity contribution in [2.45, 2.75) is 32.0 Å². The van der Waals surface area contributed by atoms with Crippen LogP contribution in [-0.2, 0) is 10.9 Å². The van der Waals surface area contributed by atoms with Crippen LogP contribution in [0.4, 0.5) is 23.7 Å². The van der Waals surface area contributed by atoms with Crippen molar-refractivity contribution in [2.75, 3.05) is 25.0 Å². The van der Waals surface area contributed by atoms with Crippen molar-refractivity contribution < 1.29 is 27.5 Å². The van der Waals surface area contributed by atoms with E-state index >= 15 is 0 Å². The number of halogens is 3. The van der Waals surface area contributed by atoms with Crippen molar-refractivity contribution in [3.05, 3.63) is 54.0 Å². The van der Waals surface area contributed by atoms with Crippen LogP contribution in [0.2, 0.25) is 0 Å². The molecule has 1 aliphatic rings. The van der Waals surface area contributed by atoms with Crippen LogP contribution >= 0.6 is 0 Å². The number of fused-ring (bicyclic) bond motifs is 1. The average Bonchev–Trinajstić information content (AvgIpc) is 3.20. The van der Waals surface area contributed by atoms with Gasteiger partial charge < -0.3 is 19.5 Å². The van der Waals surface area contributed by atoms with Gasteiger partial charge in [0.1, 0.15) is 5.52 Å². The molecule has 3 aromatic rings. The topological polar surface area (TPSA) is 89.4 Å². The lowest BCUT2D eigenvalue weighted by Crippen LogP contribution is -2.42. The number of esters is 1. The molecule has 0 bridgehead atoms. The Morgan fingerprint density at radius 3 is 2.48 bits per heavy atom.